The second kappa shape index (κ2) is 5.53. The fraction of sp³-hybridized carbons (Fsp3) is 0.231. The van der Waals surface area contributed by atoms with Crippen molar-refractivity contribution in [3.05, 3.63) is 40.2 Å². The zero-order valence-corrected chi connectivity index (χ0v) is 10.5. The molecular formula is C13H15N3O3. The van der Waals surface area contributed by atoms with Crippen molar-refractivity contribution in [2.24, 2.45) is 0 Å². The first kappa shape index (κ1) is 13.1. The van der Waals surface area contributed by atoms with Gasteiger partial charge in [-0.3, -0.25) is 4.79 Å². The van der Waals surface area contributed by atoms with E-state index in [1.165, 1.54) is 6.20 Å². The van der Waals surface area contributed by atoms with E-state index >= 15 is 0 Å². The lowest BCUT2D eigenvalue weighted by molar-refractivity contribution is 0.245. The number of rotatable bonds is 3. The van der Waals surface area contributed by atoms with E-state index in [9.17, 15) is 9.59 Å². The van der Waals surface area contributed by atoms with Gasteiger partial charge >= 0.3 is 6.03 Å². The molecule has 0 aliphatic carbocycles. The van der Waals surface area contributed by atoms with E-state index < -0.39 is 6.03 Å². The summed E-state index contributed by atoms with van der Waals surface area (Å²) >= 11 is 0. The number of benzene rings is 1. The standard InChI is InChI=1S/C13H15N3O3/c1-8-3-2-4-9-11(8)15-7-10(12(9)18)16-13(19)14-5-6-17/h2-4,7,17H,5-6H2,1H3,(H,15,18)(H2,14,16,19). The van der Waals surface area contributed by atoms with Gasteiger partial charge in [0.05, 0.1) is 12.1 Å². The van der Waals surface area contributed by atoms with Crippen LogP contribution in [0.4, 0.5) is 10.5 Å². The molecule has 0 fully saturated rings. The number of carbonyl (C=O) groups is 1. The van der Waals surface area contributed by atoms with Gasteiger partial charge in [-0.05, 0) is 18.6 Å². The minimum atomic E-state index is -0.522. The quantitative estimate of drug-likeness (QED) is 0.662. The maximum Gasteiger partial charge on any atom is 0.319 e. The Bertz CT molecular complexity index is 664. The molecule has 0 atom stereocenters. The Morgan fingerprint density at radius 2 is 2.21 bits per heavy atom. The third-order valence-corrected chi connectivity index (χ3v) is 2.77. The predicted molar refractivity (Wildman–Crippen MR) is 73.4 cm³/mol. The third kappa shape index (κ3) is 2.74. The van der Waals surface area contributed by atoms with Crippen molar-refractivity contribution in [1.29, 1.82) is 0 Å². The van der Waals surface area contributed by atoms with Crippen LogP contribution in [-0.4, -0.2) is 29.3 Å². The maximum absolute atomic E-state index is 12.2. The Morgan fingerprint density at radius 3 is 2.95 bits per heavy atom. The van der Waals surface area contributed by atoms with Crippen LogP contribution in [0.15, 0.2) is 29.2 Å². The number of aryl methyl sites for hydroxylation is 1. The fourth-order valence-electron chi connectivity index (χ4n) is 1.83. The van der Waals surface area contributed by atoms with E-state index in [4.69, 9.17) is 5.11 Å². The lowest BCUT2D eigenvalue weighted by Gasteiger charge is -2.07. The van der Waals surface area contributed by atoms with Gasteiger partial charge in [-0.1, -0.05) is 12.1 Å². The minimum Gasteiger partial charge on any atom is -0.395 e. The van der Waals surface area contributed by atoms with Crippen LogP contribution in [0.25, 0.3) is 10.9 Å². The highest BCUT2D eigenvalue weighted by Crippen LogP contribution is 2.14. The summed E-state index contributed by atoms with van der Waals surface area (Å²) in [6, 6.07) is 4.88. The van der Waals surface area contributed by atoms with Gasteiger partial charge < -0.3 is 20.7 Å². The molecule has 6 nitrogen and oxygen atoms in total. The molecule has 6 heteroatoms. The number of para-hydroxylation sites is 1. The fourth-order valence-corrected chi connectivity index (χ4v) is 1.83. The van der Waals surface area contributed by atoms with E-state index in [-0.39, 0.29) is 24.3 Å². The van der Waals surface area contributed by atoms with Gasteiger partial charge in [-0.2, -0.15) is 0 Å². The van der Waals surface area contributed by atoms with E-state index in [1.807, 2.05) is 13.0 Å². The summed E-state index contributed by atoms with van der Waals surface area (Å²) < 4.78 is 0. The molecule has 100 valence electrons. The van der Waals surface area contributed by atoms with Crippen molar-refractivity contribution < 1.29 is 9.90 Å². The predicted octanol–water partition coefficient (Wildman–Crippen LogP) is 0.950. The molecule has 0 spiro atoms. The lowest BCUT2D eigenvalue weighted by Crippen LogP contribution is -2.32. The van der Waals surface area contributed by atoms with Gasteiger partial charge in [-0.25, -0.2) is 4.79 Å². The minimum absolute atomic E-state index is 0.135. The summed E-state index contributed by atoms with van der Waals surface area (Å²) in [7, 11) is 0. The highest BCUT2D eigenvalue weighted by molar-refractivity contribution is 5.92. The number of nitrogens with one attached hydrogen (secondary N) is 3. The Labute approximate surface area is 109 Å². The van der Waals surface area contributed by atoms with Crippen molar-refractivity contribution in [3.63, 3.8) is 0 Å². The number of amides is 2. The van der Waals surface area contributed by atoms with Crippen LogP contribution in [-0.2, 0) is 0 Å². The van der Waals surface area contributed by atoms with Gasteiger partial charge in [0.1, 0.15) is 5.69 Å². The maximum atomic E-state index is 12.2. The first-order valence-electron chi connectivity index (χ1n) is 5.90. The Hall–Kier alpha value is -2.34. The number of aromatic amines is 1. The first-order chi connectivity index (χ1) is 9.13. The number of carbonyl (C=O) groups excluding carboxylic acids is 1. The largest absolute Gasteiger partial charge is 0.395 e. The summed E-state index contributed by atoms with van der Waals surface area (Å²) in [5.74, 6) is 0. The highest BCUT2D eigenvalue weighted by atomic mass is 16.3. The van der Waals surface area contributed by atoms with Gasteiger partial charge in [0, 0.05) is 18.1 Å². The van der Waals surface area contributed by atoms with E-state index in [0.717, 1.165) is 11.1 Å². The summed E-state index contributed by atoms with van der Waals surface area (Å²) in [6.45, 7) is 1.89. The van der Waals surface area contributed by atoms with Crippen molar-refractivity contribution in [2.45, 2.75) is 6.92 Å². The number of aliphatic hydroxyl groups excluding tert-OH is 1. The van der Waals surface area contributed by atoms with Gasteiger partial charge in [0.15, 0.2) is 0 Å². The highest BCUT2D eigenvalue weighted by Gasteiger charge is 2.08. The average molecular weight is 261 g/mol. The molecule has 4 N–H and O–H groups in total. The van der Waals surface area contributed by atoms with Gasteiger partial charge in [-0.15, -0.1) is 0 Å². The molecule has 0 saturated heterocycles. The number of anilines is 1. The molecule has 2 amide bonds. The first-order valence-corrected chi connectivity index (χ1v) is 5.90. The van der Waals surface area contributed by atoms with Crippen LogP contribution in [0.2, 0.25) is 0 Å². The Kier molecular flexibility index (Phi) is 3.82. The number of fused-ring (bicyclic) bond motifs is 1. The molecule has 0 unspecified atom stereocenters. The smallest absolute Gasteiger partial charge is 0.319 e. The molecule has 0 aliphatic rings. The molecule has 0 saturated carbocycles. The van der Waals surface area contributed by atoms with E-state index in [2.05, 4.69) is 15.6 Å². The van der Waals surface area contributed by atoms with Gasteiger partial charge in [0.2, 0.25) is 5.43 Å². The Morgan fingerprint density at radius 1 is 1.42 bits per heavy atom. The van der Waals surface area contributed by atoms with Crippen LogP contribution in [0, 0.1) is 6.92 Å². The molecule has 1 heterocycles. The van der Waals surface area contributed by atoms with E-state index in [0.29, 0.717) is 5.39 Å². The summed E-state index contributed by atoms with van der Waals surface area (Å²) in [5, 5.41) is 14.0. The molecule has 2 aromatic rings. The molecule has 1 aromatic carbocycles. The number of hydrogen-bond acceptors (Lipinski definition) is 3. The van der Waals surface area contributed by atoms with Gasteiger partial charge in [0.25, 0.3) is 0 Å². The number of aliphatic hydroxyl groups is 1. The summed E-state index contributed by atoms with van der Waals surface area (Å²) in [5.41, 5.74) is 1.66. The normalized spacial score (nSPS) is 10.4. The molecule has 0 aliphatic heterocycles. The Balaban J connectivity index is 2.33. The topological polar surface area (TPSA) is 94.2 Å². The molecule has 0 bridgehead atoms. The SMILES string of the molecule is Cc1cccc2c(=O)c(NC(=O)NCCO)c[nH]c12. The van der Waals surface area contributed by atoms with E-state index in [1.54, 1.807) is 12.1 Å². The number of H-pyrrole nitrogens is 1. The van der Waals surface area contributed by atoms with Crippen LogP contribution in [0.1, 0.15) is 5.56 Å². The second-order valence-corrected chi connectivity index (χ2v) is 4.13. The monoisotopic (exact) mass is 261 g/mol. The van der Waals surface area contributed by atoms with Crippen LogP contribution in [0.3, 0.4) is 0 Å². The number of pyridine rings is 1. The number of urea groups is 1. The number of aromatic nitrogens is 1. The van der Waals surface area contributed by atoms with Crippen molar-refractivity contribution in [2.75, 3.05) is 18.5 Å². The molecule has 2 rings (SSSR count). The molecule has 1 aromatic heterocycles. The molecular weight excluding hydrogens is 246 g/mol. The van der Waals surface area contributed by atoms with Crippen LogP contribution >= 0.6 is 0 Å². The van der Waals surface area contributed by atoms with Crippen molar-refractivity contribution in [1.82, 2.24) is 10.3 Å². The second-order valence-electron chi connectivity index (χ2n) is 4.13. The average Bonchev–Trinajstić information content (AvgIpc) is 2.40. The van der Waals surface area contributed by atoms with Crippen LogP contribution in [0.5, 0.6) is 0 Å². The summed E-state index contributed by atoms with van der Waals surface area (Å²) in [6.07, 6.45) is 1.47. The zero-order chi connectivity index (χ0) is 13.8. The zero-order valence-electron chi connectivity index (χ0n) is 10.5. The summed E-state index contributed by atoms with van der Waals surface area (Å²) in [4.78, 5) is 26.6. The molecule has 19 heavy (non-hydrogen) atoms. The lowest BCUT2D eigenvalue weighted by atomic mass is 10.1. The van der Waals surface area contributed by atoms with Crippen molar-refractivity contribution in [3.8, 4) is 0 Å². The third-order valence-electron chi connectivity index (χ3n) is 2.77. The number of hydrogen-bond donors (Lipinski definition) is 4. The molecule has 0 radical (unpaired) electrons. The van der Waals surface area contributed by atoms with Crippen LogP contribution < -0.4 is 16.1 Å². The van der Waals surface area contributed by atoms with Crippen molar-refractivity contribution >= 4 is 22.6 Å².